The highest BCUT2D eigenvalue weighted by molar-refractivity contribution is 5.30. The van der Waals surface area contributed by atoms with Gasteiger partial charge < -0.3 is 14.6 Å². The van der Waals surface area contributed by atoms with Crippen molar-refractivity contribution in [1.82, 2.24) is 14.5 Å². The van der Waals surface area contributed by atoms with E-state index in [9.17, 15) is 0 Å². The zero-order valence-electron chi connectivity index (χ0n) is 11.5. The van der Waals surface area contributed by atoms with Crippen LogP contribution in [-0.2, 0) is 17.8 Å². The molecule has 5 heteroatoms. The number of nitrogens with one attached hydrogen (secondary N) is 1. The van der Waals surface area contributed by atoms with Crippen molar-refractivity contribution in [1.29, 1.82) is 0 Å². The van der Waals surface area contributed by atoms with Gasteiger partial charge in [0.05, 0.1) is 5.69 Å². The normalized spacial score (nSPS) is 10.6. The first kappa shape index (κ1) is 13.5. The van der Waals surface area contributed by atoms with Crippen LogP contribution in [0.3, 0.4) is 0 Å². The Morgan fingerprint density at radius 1 is 1.32 bits per heavy atom. The van der Waals surface area contributed by atoms with Crippen molar-refractivity contribution in [2.24, 2.45) is 0 Å². The van der Waals surface area contributed by atoms with Crippen LogP contribution in [-0.4, -0.2) is 28.3 Å². The third kappa shape index (κ3) is 4.06. The maximum absolute atomic E-state index is 5.08. The first-order valence-electron chi connectivity index (χ1n) is 6.45. The van der Waals surface area contributed by atoms with Crippen molar-refractivity contribution in [3.05, 3.63) is 42.0 Å². The molecule has 0 amide bonds. The van der Waals surface area contributed by atoms with Crippen LogP contribution in [0.1, 0.15) is 17.7 Å². The molecule has 0 aliphatic heterocycles. The Morgan fingerprint density at radius 2 is 2.11 bits per heavy atom. The molecule has 0 saturated heterocycles. The fourth-order valence-electron chi connectivity index (χ4n) is 1.92. The fourth-order valence-corrected chi connectivity index (χ4v) is 1.92. The number of ether oxygens (including phenoxy) is 1. The molecule has 2 heterocycles. The van der Waals surface area contributed by atoms with Gasteiger partial charge in [-0.15, -0.1) is 0 Å². The van der Waals surface area contributed by atoms with Crippen LogP contribution in [0, 0.1) is 6.92 Å². The monoisotopic (exact) mass is 260 g/mol. The summed E-state index contributed by atoms with van der Waals surface area (Å²) in [6.07, 6.45) is 6.64. The van der Waals surface area contributed by atoms with Crippen LogP contribution < -0.4 is 5.32 Å². The predicted octanol–water partition coefficient (Wildman–Crippen LogP) is 2.24. The van der Waals surface area contributed by atoms with Gasteiger partial charge in [0.15, 0.2) is 0 Å². The van der Waals surface area contributed by atoms with Crippen molar-refractivity contribution >= 4 is 5.95 Å². The molecule has 1 N–H and O–H groups in total. The molecule has 0 unspecified atom stereocenters. The van der Waals surface area contributed by atoms with Gasteiger partial charge in [-0.3, -0.25) is 4.98 Å². The number of hydrogen-bond acceptors (Lipinski definition) is 4. The number of anilines is 1. The van der Waals surface area contributed by atoms with Gasteiger partial charge in [0.1, 0.15) is 0 Å². The maximum Gasteiger partial charge on any atom is 0.203 e. The van der Waals surface area contributed by atoms with E-state index in [1.54, 1.807) is 19.5 Å². The first-order valence-corrected chi connectivity index (χ1v) is 6.45. The molecule has 0 aliphatic carbocycles. The molecule has 5 nitrogen and oxygen atoms in total. The van der Waals surface area contributed by atoms with Crippen molar-refractivity contribution in [3.63, 3.8) is 0 Å². The molecule has 0 aromatic carbocycles. The Morgan fingerprint density at radius 3 is 2.84 bits per heavy atom. The highest BCUT2D eigenvalue weighted by atomic mass is 16.5. The summed E-state index contributed by atoms with van der Waals surface area (Å²) in [5.74, 6) is 0.908. The number of imidazole rings is 1. The molecule has 0 saturated carbocycles. The Hall–Kier alpha value is -1.88. The highest BCUT2D eigenvalue weighted by Gasteiger charge is 2.05. The topological polar surface area (TPSA) is 52.0 Å². The molecule has 0 spiro atoms. The van der Waals surface area contributed by atoms with Gasteiger partial charge in [-0.25, -0.2) is 4.98 Å². The van der Waals surface area contributed by atoms with E-state index in [4.69, 9.17) is 4.74 Å². The van der Waals surface area contributed by atoms with E-state index in [2.05, 4.69) is 26.0 Å². The zero-order chi connectivity index (χ0) is 13.5. The van der Waals surface area contributed by atoms with Crippen molar-refractivity contribution in [2.45, 2.75) is 26.4 Å². The number of rotatable bonds is 7. The minimum atomic E-state index is 0.753. The summed E-state index contributed by atoms with van der Waals surface area (Å²) < 4.78 is 7.21. The number of aromatic nitrogens is 3. The van der Waals surface area contributed by atoms with Crippen LogP contribution in [0.2, 0.25) is 0 Å². The molecule has 0 fully saturated rings. The van der Waals surface area contributed by atoms with E-state index in [-0.39, 0.29) is 0 Å². The van der Waals surface area contributed by atoms with Crippen LogP contribution in [0.5, 0.6) is 0 Å². The molecule has 0 aliphatic rings. The second-order valence-electron chi connectivity index (χ2n) is 4.45. The number of pyridine rings is 1. The Labute approximate surface area is 113 Å². The highest BCUT2D eigenvalue weighted by Crippen LogP contribution is 2.11. The van der Waals surface area contributed by atoms with Crippen molar-refractivity contribution in [2.75, 3.05) is 19.0 Å². The molecule has 2 aromatic heterocycles. The molecule has 0 bridgehead atoms. The van der Waals surface area contributed by atoms with E-state index in [0.29, 0.717) is 0 Å². The van der Waals surface area contributed by atoms with E-state index in [1.165, 1.54) is 5.56 Å². The number of methoxy groups -OCH3 is 1. The summed E-state index contributed by atoms with van der Waals surface area (Å²) >= 11 is 0. The second kappa shape index (κ2) is 6.89. The predicted molar refractivity (Wildman–Crippen MR) is 75.0 cm³/mol. The number of hydrogen-bond donors (Lipinski definition) is 1. The Kier molecular flexibility index (Phi) is 4.92. The maximum atomic E-state index is 5.08. The van der Waals surface area contributed by atoms with Gasteiger partial charge >= 0.3 is 0 Å². The van der Waals surface area contributed by atoms with Crippen LogP contribution in [0.25, 0.3) is 0 Å². The summed E-state index contributed by atoms with van der Waals surface area (Å²) in [7, 11) is 1.72. The Balaban J connectivity index is 1.95. The molecule has 0 atom stereocenters. The van der Waals surface area contributed by atoms with Gasteiger partial charge in [-0.05, 0) is 31.0 Å². The average Bonchev–Trinajstić information content (AvgIpc) is 2.78. The number of nitrogens with zero attached hydrogens (tertiary/aromatic N) is 3. The van der Waals surface area contributed by atoms with Gasteiger partial charge in [-0.2, -0.15) is 0 Å². The van der Waals surface area contributed by atoms with Gasteiger partial charge in [-0.1, -0.05) is 0 Å². The lowest BCUT2D eigenvalue weighted by Crippen LogP contribution is -2.08. The number of aryl methyl sites for hydroxylation is 2. The van der Waals surface area contributed by atoms with Gasteiger partial charge in [0.2, 0.25) is 5.95 Å². The minimum Gasteiger partial charge on any atom is -0.385 e. The van der Waals surface area contributed by atoms with E-state index in [1.807, 2.05) is 19.1 Å². The summed E-state index contributed by atoms with van der Waals surface area (Å²) in [5.41, 5.74) is 2.22. The van der Waals surface area contributed by atoms with Crippen LogP contribution in [0.15, 0.2) is 30.7 Å². The zero-order valence-corrected chi connectivity index (χ0v) is 11.5. The van der Waals surface area contributed by atoms with Crippen LogP contribution in [0.4, 0.5) is 5.95 Å². The SMILES string of the molecule is COCCCn1cc(C)nc1NCc1ccncc1. The van der Waals surface area contributed by atoms with Crippen LogP contribution >= 0.6 is 0 Å². The lowest BCUT2D eigenvalue weighted by Gasteiger charge is -2.09. The third-order valence-electron chi connectivity index (χ3n) is 2.84. The fraction of sp³-hybridized carbons (Fsp3) is 0.429. The summed E-state index contributed by atoms with van der Waals surface area (Å²) in [4.78, 5) is 8.51. The lowest BCUT2D eigenvalue weighted by molar-refractivity contribution is 0.190. The molecule has 19 heavy (non-hydrogen) atoms. The van der Waals surface area contributed by atoms with Crippen molar-refractivity contribution in [3.8, 4) is 0 Å². The van der Waals surface area contributed by atoms with Crippen molar-refractivity contribution < 1.29 is 4.74 Å². The largest absolute Gasteiger partial charge is 0.385 e. The van der Waals surface area contributed by atoms with Gasteiger partial charge in [0, 0.05) is 45.4 Å². The molecular weight excluding hydrogens is 240 g/mol. The van der Waals surface area contributed by atoms with E-state index in [0.717, 1.165) is 37.8 Å². The van der Waals surface area contributed by atoms with E-state index >= 15 is 0 Å². The smallest absolute Gasteiger partial charge is 0.203 e. The second-order valence-corrected chi connectivity index (χ2v) is 4.45. The molecule has 102 valence electrons. The lowest BCUT2D eigenvalue weighted by atomic mass is 10.3. The molecular formula is C14H20N4O. The summed E-state index contributed by atoms with van der Waals surface area (Å²) in [6, 6.07) is 4.00. The molecule has 0 radical (unpaired) electrons. The quantitative estimate of drug-likeness (QED) is 0.776. The summed E-state index contributed by atoms with van der Waals surface area (Å²) in [6.45, 7) is 4.43. The standard InChI is InChI=1S/C14H20N4O/c1-12-11-18(8-3-9-19-2)14(17-12)16-10-13-4-6-15-7-5-13/h4-7,11H,3,8-10H2,1-2H3,(H,16,17). The summed E-state index contributed by atoms with van der Waals surface area (Å²) in [5, 5.41) is 3.36. The minimum absolute atomic E-state index is 0.753. The molecule has 2 aromatic rings. The van der Waals surface area contributed by atoms with E-state index < -0.39 is 0 Å². The average molecular weight is 260 g/mol. The Bertz CT molecular complexity index is 495. The van der Waals surface area contributed by atoms with Gasteiger partial charge in [0.25, 0.3) is 0 Å². The molecule has 2 rings (SSSR count). The first-order chi connectivity index (χ1) is 9.29. The third-order valence-corrected chi connectivity index (χ3v) is 2.84.